The van der Waals surface area contributed by atoms with Gasteiger partial charge in [0, 0.05) is 13.5 Å². The van der Waals surface area contributed by atoms with Gasteiger partial charge in [-0.05, 0) is 19.1 Å². The molecule has 0 radical (unpaired) electrons. The maximum absolute atomic E-state index is 12.2. The number of fused-ring (bicyclic) bond motifs is 1. The van der Waals surface area contributed by atoms with Gasteiger partial charge in [0.2, 0.25) is 0 Å². The lowest BCUT2D eigenvalue weighted by Crippen LogP contribution is -2.22. The molecule has 114 valence electrons. The number of aromatic nitrogens is 2. The molecule has 1 aromatic heterocycles. The predicted molar refractivity (Wildman–Crippen MR) is 81.1 cm³/mol. The van der Waals surface area contributed by atoms with Crippen molar-refractivity contribution in [1.29, 1.82) is 0 Å². The quantitative estimate of drug-likeness (QED) is 0.500. The highest BCUT2D eigenvalue weighted by Crippen LogP contribution is 2.26. The normalized spacial score (nSPS) is 12.5. The number of para-hydroxylation sites is 1. The SMILES string of the molecule is CCc1nc2c(N)cccc2n1C(C)C(=O)OCCOC. The average Bonchev–Trinajstić information content (AvgIpc) is 2.86. The van der Waals surface area contributed by atoms with Gasteiger partial charge >= 0.3 is 5.97 Å². The number of ether oxygens (including phenoxy) is 2. The van der Waals surface area contributed by atoms with Crippen LogP contribution in [0.15, 0.2) is 18.2 Å². The van der Waals surface area contributed by atoms with Gasteiger partial charge in [-0.15, -0.1) is 0 Å². The topological polar surface area (TPSA) is 79.4 Å². The minimum Gasteiger partial charge on any atom is -0.462 e. The van der Waals surface area contributed by atoms with E-state index >= 15 is 0 Å². The zero-order chi connectivity index (χ0) is 15.4. The summed E-state index contributed by atoms with van der Waals surface area (Å²) in [4.78, 5) is 16.7. The molecule has 0 bridgehead atoms. The second kappa shape index (κ2) is 6.58. The van der Waals surface area contributed by atoms with Gasteiger partial charge in [0.25, 0.3) is 0 Å². The number of esters is 1. The summed E-state index contributed by atoms with van der Waals surface area (Å²) < 4.78 is 12.0. The summed E-state index contributed by atoms with van der Waals surface area (Å²) in [7, 11) is 1.57. The maximum Gasteiger partial charge on any atom is 0.328 e. The number of hydrogen-bond donors (Lipinski definition) is 1. The number of nitrogens with zero attached hydrogens (tertiary/aromatic N) is 2. The first kappa shape index (κ1) is 15.3. The van der Waals surface area contributed by atoms with Crippen LogP contribution in [0.2, 0.25) is 0 Å². The molecule has 1 aromatic carbocycles. The number of anilines is 1. The third-order valence-corrected chi connectivity index (χ3v) is 3.40. The molecule has 0 saturated heterocycles. The monoisotopic (exact) mass is 291 g/mol. The van der Waals surface area contributed by atoms with Crippen LogP contribution in [0, 0.1) is 0 Å². The van der Waals surface area contributed by atoms with Crippen molar-refractivity contribution in [3.63, 3.8) is 0 Å². The lowest BCUT2D eigenvalue weighted by molar-refractivity contribution is -0.148. The van der Waals surface area contributed by atoms with Crippen molar-refractivity contribution in [1.82, 2.24) is 9.55 Å². The zero-order valence-electron chi connectivity index (χ0n) is 12.6. The Morgan fingerprint density at radius 3 is 2.86 bits per heavy atom. The van der Waals surface area contributed by atoms with Crippen LogP contribution in [0.1, 0.15) is 25.7 Å². The molecule has 0 saturated carbocycles. The van der Waals surface area contributed by atoms with Crippen molar-refractivity contribution >= 4 is 22.7 Å². The summed E-state index contributed by atoms with van der Waals surface area (Å²) in [6.07, 6.45) is 0.712. The molecule has 1 heterocycles. The van der Waals surface area contributed by atoms with E-state index in [1.54, 1.807) is 20.1 Å². The number of methoxy groups -OCH3 is 1. The number of benzene rings is 1. The van der Waals surface area contributed by atoms with Crippen LogP contribution in [-0.4, -0.2) is 35.8 Å². The molecule has 0 aliphatic heterocycles. The van der Waals surface area contributed by atoms with Crippen molar-refractivity contribution < 1.29 is 14.3 Å². The van der Waals surface area contributed by atoms with E-state index in [0.29, 0.717) is 18.7 Å². The van der Waals surface area contributed by atoms with Crippen molar-refractivity contribution in [2.75, 3.05) is 26.1 Å². The minimum absolute atomic E-state index is 0.246. The zero-order valence-corrected chi connectivity index (χ0v) is 12.6. The van der Waals surface area contributed by atoms with Gasteiger partial charge < -0.3 is 19.8 Å². The molecule has 0 fully saturated rings. The van der Waals surface area contributed by atoms with Crippen molar-refractivity contribution in [2.24, 2.45) is 0 Å². The Morgan fingerprint density at radius 2 is 2.19 bits per heavy atom. The lowest BCUT2D eigenvalue weighted by Gasteiger charge is -2.16. The Hall–Kier alpha value is -2.08. The van der Waals surface area contributed by atoms with Crippen LogP contribution in [0.3, 0.4) is 0 Å². The minimum atomic E-state index is -0.455. The van der Waals surface area contributed by atoms with Crippen LogP contribution >= 0.6 is 0 Å². The Morgan fingerprint density at radius 1 is 1.43 bits per heavy atom. The highest BCUT2D eigenvalue weighted by molar-refractivity contribution is 5.89. The highest BCUT2D eigenvalue weighted by atomic mass is 16.6. The molecule has 21 heavy (non-hydrogen) atoms. The van der Waals surface area contributed by atoms with E-state index in [1.807, 2.05) is 23.6 Å². The molecule has 6 heteroatoms. The summed E-state index contributed by atoms with van der Waals surface area (Å²) in [6, 6.07) is 5.12. The van der Waals surface area contributed by atoms with Gasteiger partial charge in [-0.25, -0.2) is 9.78 Å². The largest absolute Gasteiger partial charge is 0.462 e. The summed E-state index contributed by atoms with van der Waals surface area (Å²) in [5, 5.41) is 0. The van der Waals surface area contributed by atoms with E-state index in [0.717, 1.165) is 16.9 Å². The fraction of sp³-hybridized carbons (Fsp3) is 0.467. The van der Waals surface area contributed by atoms with Gasteiger partial charge in [0.15, 0.2) is 0 Å². The smallest absolute Gasteiger partial charge is 0.328 e. The Labute approximate surface area is 123 Å². The van der Waals surface area contributed by atoms with Crippen LogP contribution in [-0.2, 0) is 20.7 Å². The molecule has 0 aliphatic carbocycles. The Bertz CT molecular complexity index is 636. The molecule has 1 unspecified atom stereocenters. The molecule has 0 aliphatic rings. The first-order valence-corrected chi connectivity index (χ1v) is 7.01. The van der Waals surface area contributed by atoms with E-state index < -0.39 is 6.04 Å². The van der Waals surface area contributed by atoms with E-state index in [4.69, 9.17) is 15.2 Å². The second-order valence-corrected chi connectivity index (χ2v) is 4.80. The number of carbonyl (C=O) groups is 1. The third kappa shape index (κ3) is 3.00. The highest BCUT2D eigenvalue weighted by Gasteiger charge is 2.22. The Kier molecular flexibility index (Phi) is 4.80. The van der Waals surface area contributed by atoms with E-state index in [-0.39, 0.29) is 12.6 Å². The molecule has 0 amide bonds. The van der Waals surface area contributed by atoms with Crippen molar-refractivity contribution in [3.8, 4) is 0 Å². The molecular formula is C15H21N3O3. The summed E-state index contributed by atoms with van der Waals surface area (Å²) >= 11 is 0. The standard InChI is InChI=1S/C15H21N3O3/c1-4-13-17-14-11(16)6-5-7-12(14)18(13)10(2)15(19)21-9-8-20-3/h5-7,10H,4,8-9,16H2,1-3H3. The number of rotatable bonds is 6. The first-order valence-electron chi connectivity index (χ1n) is 7.01. The van der Waals surface area contributed by atoms with Gasteiger partial charge in [0.1, 0.15) is 24.0 Å². The third-order valence-electron chi connectivity index (χ3n) is 3.40. The fourth-order valence-corrected chi connectivity index (χ4v) is 2.32. The summed E-state index contributed by atoms with van der Waals surface area (Å²) in [5.74, 6) is 0.516. The van der Waals surface area contributed by atoms with Crippen molar-refractivity contribution in [2.45, 2.75) is 26.3 Å². The van der Waals surface area contributed by atoms with Crippen LogP contribution < -0.4 is 5.73 Å². The summed E-state index contributed by atoms with van der Waals surface area (Å²) in [6.45, 7) is 4.43. The van der Waals surface area contributed by atoms with Crippen LogP contribution in [0.4, 0.5) is 5.69 Å². The Balaban J connectivity index is 2.35. The molecule has 6 nitrogen and oxygen atoms in total. The van der Waals surface area contributed by atoms with Gasteiger partial charge in [-0.1, -0.05) is 13.0 Å². The van der Waals surface area contributed by atoms with Crippen molar-refractivity contribution in [3.05, 3.63) is 24.0 Å². The van der Waals surface area contributed by atoms with Gasteiger partial charge in [-0.2, -0.15) is 0 Å². The number of carbonyl (C=O) groups excluding carboxylic acids is 1. The van der Waals surface area contributed by atoms with E-state index in [9.17, 15) is 4.79 Å². The average molecular weight is 291 g/mol. The number of imidazole rings is 1. The number of nitrogen functional groups attached to an aromatic ring is 1. The lowest BCUT2D eigenvalue weighted by atomic mass is 10.2. The fourth-order valence-electron chi connectivity index (χ4n) is 2.32. The number of aryl methyl sites for hydroxylation is 1. The van der Waals surface area contributed by atoms with Crippen LogP contribution in [0.25, 0.3) is 11.0 Å². The molecular weight excluding hydrogens is 270 g/mol. The predicted octanol–water partition coefficient (Wildman–Crippen LogP) is 1.93. The van der Waals surface area contributed by atoms with Crippen LogP contribution in [0.5, 0.6) is 0 Å². The van der Waals surface area contributed by atoms with Gasteiger partial charge in [0.05, 0.1) is 17.8 Å². The van der Waals surface area contributed by atoms with E-state index in [2.05, 4.69) is 4.98 Å². The van der Waals surface area contributed by atoms with E-state index in [1.165, 1.54) is 0 Å². The number of nitrogens with two attached hydrogens (primary N) is 1. The molecule has 2 rings (SSSR count). The molecule has 0 spiro atoms. The second-order valence-electron chi connectivity index (χ2n) is 4.80. The maximum atomic E-state index is 12.2. The first-order chi connectivity index (χ1) is 10.1. The van der Waals surface area contributed by atoms with Gasteiger partial charge in [-0.3, -0.25) is 0 Å². The number of hydrogen-bond acceptors (Lipinski definition) is 5. The molecule has 2 N–H and O–H groups in total. The molecule has 2 aromatic rings. The molecule has 1 atom stereocenters. The summed E-state index contributed by atoms with van der Waals surface area (Å²) in [5.41, 5.74) is 8.15.